The molecule has 0 radical (unpaired) electrons. The lowest BCUT2D eigenvalue weighted by atomic mass is 10.2. The molecule has 0 spiro atoms. The molecule has 0 N–H and O–H groups in total. The summed E-state index contributed by atoms with van der Waals surface area (Å²) in [4.78, 5) is 13.2. The summed E-state index contributed by atoms with van der Waals surface area (Å²) >= 11 is 5.60. The third-order valence-electron chi connectivity index (χ3n) is 2.20. The molecule has 0 aliphatic heterocycles. The number of carbonyl (C=O) groups is 1. The van der Waals surface area contributed by atoms with Gasteiger partial charge in [0.25, 0.3) is 0 Å². The van der Waals surface area contributed by atoms with Crippen LogP contribution in [0, 0.1) is 11.7 Å². The summed E-state index contributed by atoms with van der Waals surface area (Å²) in [7, 11) is 1.65. The monoisotopic (exact) mass is 229 g/mol. The van der Waals surface area contributed by atoms with Crippen LogP contribution in [-0.2, 0) is 4.79 Å². The van der Waals surface area contributed by atoms with Crippen LogP contribution >= 0.6 is 11.6 Å². The quantitative estimate of drug-likeness (QED) is 0.730. The van der Waals surface area contributed by atoms with Crippen molar-refractivity contribution in [1.29, 1.82) is 0 Å². The maximum absolute atomic E-state index is 12.7. The Morgan fingerprint density at radius 3 is 2.47 bits per heavy atom. The van der Waals surface area contributed by atoms with Gasteiger partial charge in [-0.1, -0.05) is 6.92 Å². The van der Waals surface area contributed by atoms with Crippen molar-refractivity contribution in [2.75, 3.05) is 17.8 Å². The minimum absolute atomic E-state index is 0.0726. The summed E-state index contributed by atoms with van der Waals surface area (Å²) < 4.78 is 12.7. The minimum atomic E-state index is -0.315. The topological polar surface area (TPSA) is 20.3 Å². The number of alkyl halides is 1. The van der Waals surface area contributed by atoms with Crippen molar-refractivity contribution < 1.29 is 9.18 Å². The van der Waals surface area contributed by atoms with Gasteiger partial charge in [0, 0.05) is 24.5 Å². The molecule has 82 valence electrons. The zero-order valence-corrected chi connectivity index (χ0v) is 9.46. The molecule has 15 heavy (non-hydrogen) atoms. The van der Waals surface area contributed by atoms with Gasteiger partial charge in [-0.05, 0) is 24.3 Å². The molecule has 2 nitrogen and oxygen atoms in total. The van der Waals surface area contributed by atoms with Crippen molar-refractivity contribution in [3.8, 4) is 0 Å². The van der Waals surface area contributed by atoms with E-state index in [0.29, 0.717) is 5.69 Å². The molecule has 1 amide bonds. The normalized spacial score (nSPS) is 12.3. The molecule has 0 saturated heterocycles. The first-order valence-electron chi connectivity index (χ1n) is 4.65. The molecule has 0 aromatic heterocycles. The SMILES string of the molecule is CC(CCl)C(=O)N(C)c1ccc(F)cc1. The Morgan fingerprint density at radius 2 is 2.00 bits per heavy atom. The maximum Gasteiger partial charge on any atom is 0.230 e. The number of hydrogen-bond donors (Lipinski definition) is 0. The number of benzene rings is 1. The Balaban J connectivity index is 2.80. The van der Waals surface area contributed by atoms with E-state index in [4.69, 9.17) is 11.6 Å². The molecule has 1 aromatic rings. The van der Waals surface area contributed by atoms with Crippen LogP contribution in [0.4, 0.5) is 10.1 Å². The summed E-state index contributed by atoms with van der Waals surface area (Å²) in [5.41, 5.74) is 0.665. The predicted molar refractivity (Wildman–Crippen MR) is 59.7 cm³/mol. The van der Waals surface area contributed by atoms with Gasteiger partial charge in [0.1, 0.15) is 5.82 Å². The van der Waals surface area contributed by atoms with Gasteiger partial charge in [-0.3, -0.25) is 4.79 Å². The first kappa shape index (κ1) is 12.0. The summed E-state index contributed by atoms with van der Waals surface area (Å²) in [6.07, 6.45) is 0. The molecule has 4 heteroatoms. The molecule has 1 rings (SSSR count). The lowest BCUT2D eigenvalue weighted by Gasteiger charge is -2.20. The smallest absolute Gasteiger partial charge is 0.230 e. The number of anilines is 1. The fraction of sp³-hybridized carbons (Fsp3) is 0.364. The third-order valence-corrected chi connectivity index (χ3v) is 2.66. The molecule has 0 aliphatic rings. The second kappa shape index (κ2) is 5.12. The second-order valence-electron chi connectivity index (χ2n) is 3.43. The van der Waals surface area contributed by atoms with E-state index in [1.54, 1.807) is 26.1 Å². The van der Waals surface area contributed by atoms with Crippen molar-refractivity contribution in [2.24, 2.45) is 5.92 Å². The van der Waals surface area contributed by atoms with Gasteiger partial charge in [-0.15, -0.1) is 11.6 Å². The summed E-state index contributed by atoms with van der Waals surface area (Å²) in [5.74, 6) is -0.340. The highest BCUT2D eigenvalue weighted by atomic mass is 35.5. The van der Waals surface area contributed by atoms with Gasteiger partial charge in [-0.25, -0.2) is 4.39 Å². The lowest BCUT2D eigenvalue weighted by Crippen LogP contribution is -2.32. The van der Waals surface area contributed by atoms with Gasteiger partial charge >= 0.3 is 0 Å². The van der Waals surface area contributed by atoms with E-state index < -0.39 is 0 Å². The zero-order valence-electron chi connectivity index (χ0n) is 8.71. The Labute approximate surface area is 93.6 Å². The molecule has 0 heterocycles. The first-order chi connectivity index (χ1) is 7.06. The molecular formula is C11H13ClFNO. The van der Waals surface area contributed by atoms with Crippen LogP contribution in [0.3, 0.4) is 0 Å². The van der Waals surface area contributed by atoms with Gasteiger partial charge in [0.2, 0.25) is 5.91 Å². The maximum atomic E-state index is 12.7. The Morgan fingerprint density at radius 1 is 1.47 bits per heavy atom. The lowest BCUT2D eigenvalue weighted by molar-refractivity contribution is -0.121. The highest BCUT2D eigenvalue weighted by molar-refractivity contribution is 6.19. The Kier molecular flexibility index (Phi) is 4.09. The number of halogens is 2. The van der Waals surface area contributed by atoms with Crippen molar-refractivity contribution in [1.82, 2.24) is 0 Å². The highest BCUT2D eigenvalue weighted by Crippen LogP contribution is 2.15. The first-order valence-corrected chi connectivity index (χ1v) is 5.18. The van der Waals surface area contributed by atoms with Crippen molar-refractivity contribution in [3.63, 3.8) is 0 Å². The number of rotatable bonds is 3. The van der Waals surface area contributed by atoms with Gasteiger partial charge in [0.15, 0.2) is 0 Å². The summed E-state index contributed by atoms with van der Waals surface area (Å²) in [6, 6.07) is 5.78. The van der Waals surface area contributed by atoms with Crippen LogP contribution in [0.1, 0.15) is 6.92 Å². The number of amides is 1. The largest absolute Gasteiger partial charge is 0.315 e. The molecule has 0 bridgehead atoms. The van der Waals surface area contributed by atoms with Crippen LogP contribution in [0.25, 0.3) is 0 Å². The Hall–Kier alpha value is -1.09. The Bertz CT molecular complexity index is 339. The third kappa shape index (κ3) is 2.93. The van der Waals surface area contributed by atoms with E-state index in [9.17, 15) is 9.18 Å². The fourth-order valence-corrected chi connectivity index (χ4v) is 1.32. The molecule has 1 atom stereocenters. The van der Waals surface area contributed by atoms with Crippen LogP contribution in [-0.4, -0.2) is 18.8 Å². The van der Waals surface area contributed by atoms with Crippen LogP contribution in [0.15, 0.2) is 24.3 Å². The molecule has 0 fully saturated rings. The second-order valence-corrected chi connectivity index (χ2v) is 3.74. The standard InChI is InChI=1S/C11H13ClFNO/c1-8(7-12)11(15)14(2)10-5-3-9(13)4-6-10/h3-6,8H,7H2,1-2H3. The predicted octanol–water partition coefficient (Wildman–Crippen LogP) is 2.66. The highest BCUT2D eigenvalue weighted by Gasteiger charge is 2.17. The van der Waals surface area contributed by atoms with E-state index in [0.717, 1.165) is 0 Å². The van der Waals surface area contributed by atoms with Crippen molar-refractivity contribution in [2.45, 2.75) is 6.92 Å². The van der Waals surface area contributed by atoms with E-state index in [1.807, 2.05) is 0 Å². The number of hydrogen-bond acceptors (Lipinski definition) is 1. The van der Waals surface area contributed by atoms with Crippen LogP contribution < -0.4 is 4.90 Å². The van der Waals surface area contributed by atoms with Crippen LogP contribution in [0.5, 0.6) is 0 Å². The average Bonchev–Trinajstić information content (AvgIpc) is 2.27. The van der Waals surface area contributed by atoms with Gasteiger partial charge in [-0.2, -0.15) is 0 Å². The van der Waals surface area contributed by atoms with Crippen molar-refractivity contribution >= 4 is 23.2 Å². The molecule has 0 saturated carbocycles. The van der Waals surface area contributed by atoms with E-state index >= 15 is 0 Å². The average molecular weight is 230 g/mol. The van der Waals surface area contributed by atoms with Gasteiger partial charge < -0.3 is 4.90 Å². The molecule has 0 aliphatic carbocycles. The molecular weight excluding hydrogens is 217 g/mol. The number of nitrogens with zero attached hydrogens (tertiary/aromatic N) is 1. The van der Waals surface area contributed by atoms with Crippen LogP contribution in [0.2, 0.25) is 0 Å². The fourth-order valence-electron chi connectivity index (χ4n) is 1.19. The summed E-state index contributed by atoms with van der Waals surface area (Å²) in [6.45, 7) is 1.76. The van der Waals surface area contributed by atoms with E-state index in [-0.39, 0.29) is 23.5 Å². The van der Waals surface area contributed by atoms with E-state index in [2.05, 4.69) is 0 Å². The summed E-state index contributed by atoms with van der Waals surface area (Å²) in [5, 5.41) is 0. The molecule has 1 unspecified atom stereocenters. The minimum Gasteiger partial charge on any atom is -0.315 e. The zero-order chi connectivity index (χ0) is 11.4. The van der Waals surface area contributed by atoms with Gasteiger partial charge in [0.05, 0.1) is 0 Å². The number of carbonyl (C=O) groups excluding carboxylic acids is 1. The molecule has 1 aromatic carbocycles. The van der Waals surface area contributed by atoms with Crippen molar-refractivity contribution in [3.05, 3.63) is 30.1 Å². The van der Waals surface area contributed by atoms with E-state index in [1.165, 1.54) is 17.0 Å².